The number of rotatable bonds is 4. The summed E-state index contributed by atoms with van der Waals surface area (Å²) in [6.07, 6.45) is -3.91. The van der Waals surface area contributed by atoms with E-state index in [4.69, 9.17) is 23.2 Å². The van der Waals surface area contributed by atoms with Gasteiger partial charge >= 0.3 is 6.18 Å². The number of imidazole rings is 2. The summed E-state index contributed by atoms with van der Waals surface area (Å²) < 4.78 is 41.2. The molecule has 4 aromatic rings. The maximum absolute atomic E-state index is 13.5. The quantitative estimate of drug-likeness (QED) is 0.402. The van der Waals surface area contributed by atoms with E-state index in [1.165, 1.54) is 0 Å². The summed E-state index contributed by atoms with van der Waals surface area (Å²) in [4.78, 5) is 13.2. The number of aliphatic hydroxyl groups is 1. The van der Waals surface area contributed by atoms with Crippen molar-refractivity contribution in [3.63, 3.8) is 0 Å². The number of anilines is 2. The smallest absolute Gasteiger partial charge is 0.391 e. The zero-order valence-corrected chi connectivity index (χ0v) is 17.8. The van der Waals surface area contributed by atoms with Gasteiger partial charge in [0.25, 0.3) is 0 Å². The predicted octanol–water partition coefficient (Wildman–Crippen LogP) is 4.11. The maximum atomic E-state index is 13.5. The Morgan fingerprint density at radius 3 is 2.72 bits per heavy atom. The molecule has 1 fully saturated rings. The van der Waals surface area contributed by atoms with Gasteiger partial charge in [0, 0.05) is 19.2 Å². The molecule has 0 aliphatic carbocycles. The Morgan fingerprint density at radius 1 is 1.22 bits per heavy atom. The first kappa shape index (κ1) is 21.1. The van der Waals surface area contributed by atoms with Crippen molar-refractivity contribution < 1.29 is 18.3 Å². The molecule has 1 aromatic carbocycles. The molecular weight excluding hydrogens is 470 g/mol. The first-order chi connectivity index (χ1) is 15.2. The molecule has 13 heteroatoms. The number of nitrogens with one attached hydrogen (secondary N) is 2. The lowest BCUT2D eigenvalue weighted by molar-refractivity contribution is -0.142. The molecule has 0 radical (unpaired) electrons. The minimum absolute atomic E-state index is 0.0306. The molecule has 5 rings (SSSR count). The van der Waals surface area contributed by atoms with Gasteiger partial charge in [-0.05, 0) is 18.6 Å². The lowest BCUT2D eigenvalue weighted by Gasteiger charge is -2.19. The highest BCUT2D eigenvalue weighted by Crippen LogP contribution is 2.33. The van der Waals surface area contributed by atoms with Crippen LogP contribution in [0.1, 0.15) is 17.9 Å². The van der Waals surface area contributed by atoms with Crippen molar-refractivity contribution >= 4 is 51.4 Å². The molecule has 0 spiro atoms. The average molecular weight is 486 g/mol. The van der Waals surface area contributed by atoms with E-state index in [0.717, 1.165) is 10.7 Å². The summed E-state index contributed by atoms with van der Waals surface area (Å²) in [7, 11) is 0. The van der Waals surface area contributed by atoms with Crippen LogP contribution in [0.5, 0.6) is 0 Å². The Labute approximate surface area is 189 Å². The van der Waals surface area contributed by atoms with Gasteiger partial charge in [0.2, 0.25) is 0 Å². The molecule has 0 unspecified atom stereocenters. The average Bonchev–Trinajstić information content (AvgIpc) is 3.43. The molecule has 3 aromatic heterocycles. The first-order valence-electron chi connectivity index (χ1n) is 9.65. The number of nitrogens with zero attached hydrogens (tertiary/aromatic N) is 5. The summed E-state index contributed by atoms with van der Waals surface area (Å²) in [5, 5.41) is 17.8. The fraction of sp³-hybridized carbons (Fsp3) is 0.316. The summed E-state index contributed by atoms with van der Waals surface area (Å²) in [6, 6.07) is 4.91. The van der Waals surface area contributed by atoms with Gasteiger partial charge < -0.3 is 20.3 Å². The van der Waals surface area contributed by atoms with E-state index < -0.39 is 18.0 Å². The number of hydrogen-bond acceptors (Lipinski definition) is 6. The summed E-state index contributed by atoms with van der Waals surface area (Å²) in [5.74, 6) is 0.845. The van der Waals surface area contributed by atoms with E-state index in [9.17, 15) is 18.3 Å². The molecule has 1 saturated heterocycles. The van der Waals surface area contributed by atoms with Crippen LogP contribution in [0.3, 0.4) is 0 Å². The second-order valence-electron chi connectivity index (χ2n) is 7.50. The summed E-state index contributed by atoms with van der Waals surface area (Å²) in [6.45, 7) is 0.958. The van der Waals surface area contributed by atoms with Crippen molar-refractivity contribution in [1.29, 1.82) is 0 Å². The van der Waals surface area contributed by atoms with Gasteiger partial charge in [-0.25, -0.2) is 14.5 Å². The van der Waals surface area contributed by atoms with Crippen LogP contribution in [0.2, 0.25) is 10.0 Å². The van der Waals surface area contributed by atoms with Gasteiger partial charge in [-0.2, -0.15) is 13.2 Å². The zero-order chi connectivity index (χ0) is 22.6. The largest absolute Gasteiger partial charge is 0.435 e. The SMILES string of the molecule is O[C@@H]1CCN(c2cc(NCc3nc4cc(Cl)c(Cl)cc4[nH]3)c3ncc(C(F)(F)F)n3n2)C1. The molecule has 4 heterocycles. The number of benzene rings is 1. The number of H-pyrrole nitrogens is 1. The molecule has 0 amide bonds. The van der Waals surface area contributed by atoms with Crippen molar-refractivity contribution in [2.45, 2.75) is 25.2 Å². The van der Waals surface area contributed by atoms with Gasteiger partial charge in [-0.3, -0.25) is 0 Å². The molecule has 0 saturated carbocycles. The third kappa shape index (κ3) is 3.80. The molecule has 8 nitrogen and oxygen atoms in total. The lowest BCUT2D eigenvalue weighted by atomic mass is 10.3. The van der Waals surface area contributed by atoms with Crippen molar-refractivity contribution in [2.24, 2.45) is 0 Å². The van der Waals surface area contributed by atoms with Gasteiger partial charge in [-0.15, -0.1) is 5.10 Å². The van der Waals surface area contributed by atoms with Crippen molar-refractivity contribution in [3.8, 4) is 0 Å². The fourth-order valence-electron chi connectivity index (χ4n) is 3.70. The molecule has 0 bridgehead atoms. The standard InChI is InChI=1S/C19H16Cl2F3N7O/c20-10-3-12-13(4-11(10)21)28-16(27-12)7-25-14-5-17(30-2-1-9(32)8-30)29-31-15(19(22,23)24)6-26-18(14)31/h3-6,9,25,32H,1-2,7-8H2,(H,27,28)/t9-/m1/s1. The minimum atomic E-state index is -4.62. The Balaban J connectivity index is 1.51. The van der Waals surface area contributed by atoms with Crippen LogP contribution in [0.15, 0.2) is 24.4 Å². The second kappa shape index (κ2) is 7.68. The van der Waals surface area contributed by atoms with E-state index >= 15 is 0 Å². The molecule has 1 aliphatic heterocycles. The third-order valence-corrected chi connectivity index (χ3v) is 5.97. The second-order valence-corrected chi connectivity index (χ2v) is 8.32. The zero-order valence-electron chi connectivity index (χ0n) is 16.3. The van der Waals surface area contributed by atoms with E-state index in [0.29, 0.717) is 57.9 Å². The number of aliphatic hydroxyl groups excluding tert-OH is 1. The van der Waals surface area contributed by atoms with Crippen LogP contribution in [0, 0.1) is 0 Å². The van der Waals surface area contributed by atoms with Crippen molar-refractivity contribution in [1.82, 2.24) is 24.6 Å². The number of halogens is 5. The van der Waals surface area contributed by atoms with Gasteiger partial charge in [0.15, 0.2) is 17.2 Å². The van der Waals surface area contributed by atoms with Gasteiger partial charge in [-0.1, -0.05) is 23.2 Å². The van der Waals surface area contributed by atoms with Gasteiger partial charge in [0.1, 0.15) is 5.82 Å². The monoisotopic (exact) mass is 485 g/mol. The van der Waals surface area contributed by atoms with Crippen LogP contribution >= 0.6 is 23.2 Å². The summed E-state index contributed by atoms with van der Waals surface area (Å²) in [5.41, 5.74) is 0.697. The normalized spacial score (nSPS) is 17.1. The highest BCUT2D eigenvalue weighted by molar-refractivity contribution is 6.42. The van der Waals surface area contributed by atoms with E-state index in [2.05, 4.69) is 25.4 Å². The Hall–Kier alpha value is -2.76. The molecule has 3 N–H and O–H groups in total. The first-order valence-corrected chi connectivity index (χ1v) is 10.4. The van der Waals surface area contributed by atoms with E-state index in [-0.39, 0.29) is 12.2 Å². The number of β-amino-alcohol motifs (C(OH)–C–C–N with tert-alkyl or cyclic N) is 1. The maximum Gasteiger partial charge on any atom is 0.435 e. The number of fused-ring (bicyclic) bond motifs is 2. The van der Waals surface area contributed by atoms with Crippen LogP contribution in [0.25, 0.3) is 16.7 Å². The van der Waals surface area contributed by atoms with Crippen LogP contribution < -0.4 is 10.2 Å². The number of aromatic nitrogens is 5. The number of aromatic amines is 1. The number of alkyl halides is 3. The van der Waals surface area contributed by atoms with Crippen molar-refractivity contribution in [3.05, 3.63) is 46.0 Å². The number of hydrogen-bond donors (Lipinski definition) is 3. The highest BCUT2D eigenvalue weighted by atomic mass is 35.5. The van der Waals surface area contributed by atoms with Crippen LogP contribution in [-0.2, 0) is 12.7 Å². The van der Waals surface area contributed by atoms with Crippen LogP contribution in [-0.4, -0.2) is 48.9 Å². The Morgan fingerprint density at radius 2 is 2.00 bits per heavy atom. The molecule has 32 heavy (non-hydrogen) atoms. The fourth-order valence-corrected chi connectivity index (χ4v) is 4.03. The van der Waals surface area contributed by atoms with E-state index in [1.54, 1.807) is 23.1 Å². The third-order valence-electron chi connectivity index (χ3n) is 5.25. The predicted molar refractivity (Wildman–Crippen MR) is 114 cm³/mol. The van der Waals surface area contributed by atoms with Gasteiger partial charge in [0.05, 0.1) is 45.6 Å². The molecule has 1 atom stereocenters. The van der Waals surface area contributed by atoms with E-state index in [1.807, 2.05) is 0 Å². The Bertz CT molecular complexity index is 1280. The lowest BCUT2D eigenvalue weighted by Crippen LogP contribution is -2.24. The molecular formula is C19H16Cl2F3N7O. The molecule has 1 aliphatic rings. The van der Waals surface area contributed by atoms with Crippen molar-refractivity contribution in [2.75, 3.05) is 23.3 Å². The highest BCUT2D eigenvalue weighted by Gasteiger charge is 2.36. The summed E-state index contributed by atoms with van der Waals surface area (Å²) >= 11 is 12.1. The molecule has 168 valence electrons. The Kier molecular flexibility index (Phi) is 5.06. The van der Waals surface area contributed by atoms with Crippen LogP contribution in [0.4, 0.5) is 24.7 Å². The minimum Gasteiger partial charge on any atom is -0.391 e. The topological polar surface area (TPSA) is 94.4 Å².